The van der Waals surface area contributed by atoms with Crippen LogP contribution in [0.2, 0.25) is 0 Å². The van der Waals surface area contributed by atoms with Gasteiger partial charge in [0.15, 0.2) is 17.4 Å². The fraction of sp³-hybridized carbons (Fsp3) is 0.0833. The van der Waals surface area contributed by atoms with Crippen LogP contribution in [0.5, 0.6) is 11.6 Å². The third kappa shape index (κ3) is 5.44. The first-order chi connectivity index (χ1) is 17.6. The summed E-state index contributed by atoms with van der Waals surface area (Å²) in [7, 11) is -4.36. The number of ether oxygens (including phenoxy) is 1. The number of anilines is 2. The van der Waals surface area contributed by atoms with E-state index in [0.717, 1.165) is 6.92 Å². The number of sulfonamides is 1. The van der Waals surface area contributed by atoms with Gasteiger partial charge in [0.05, 0.1) is 28.6 Å². The van der Waals surface area contributed by atoms with Crippen LogP contribution in [0.3, 0.4) is 0 Å². The highest BCUT2D eigenvalue weighted by molar-refractivity contribution is 7.91. The highest BCUT2D eigenvalue weighted by Gasteiger charge is 2.28. The molecule has 0 fully saturated rings. The van der Waals surface area contributed by atoms with Crippen LogP contribution in [0.1, 0.15) is 16.7 Å². The lowest BCUT2D eigenvalue weighted by Crippen LogP contribution is -2.18. The zero-order valence-electron chi connectivity index (χ0n) is 19.0. The van der Waals surface area contributed by atoms with Gasteiger partial charge in [0, 0.05) is 18.0 Å². The van der Waals surface area contributed by atoms with Gasteiger partial charge < -0.3 is 10.5 Å². The predicted molar refractivity (Wildman–Crippen MR) is 128 cm³/mol. The molecule has 0 unspecified atom stereocenters. The van der Waals surface area contributed by atoms with Gasteiger partial charge in [-0.25, -0.2) is 32.2 Å². The Kier molecular flexibility index (Phi) is 6.94. The van der Waals surface area contributed by atoms with Crippen molar-refractivity contribution in [3.8, 4) is 29.0 Å². The lowest BCUT2D eigenvalue weighted by molar-refractivity contribution is 0.397. The van der Waals surface area contributed by atoms with E-state index >= 15 is 8.78 Å². The molecular weight excluding hydrogens is 509 g/mol. The second-order valence-electron chi connectivity index (χ2n) is 7.70. The van der Waals surface area contributed by atoms with Crippen LogP contribution in [0.25, 0.3) is 11.3 Å². The van der Waals surface area contributed by atoms with E-state index in [0.29, 0.717) is 5.56 Å². The Balaban J connectivity index is 1.67. The standard InChI is InChI=1S/C24H17F3N6O3S/c1-13-18(25)21(33-37(34,35)12-15-6-4-14(11-28)5-7-15)19(26)20(27)22(13)36-23-16(3-2-9-30-23)17-8-10-31-24(29)32-17/h2-10,33H,12H2,1H3,(H2,29,31,32). The van der Waals surface area contributed by atoms with E-state index in [1.165, 1.54) is 54.9 Å². The second kappa shape index (κ2) is 10.1. The minimum Gasteiger partial charge on any atom is -0.435 e. The number of pyridine rings is 1. The summed E-state index contributed by atoms with van der Waals surface area (Å²) in [5, 5.41) is 8.84. The van der Waals surface area contributed by atoms with Crippen molar-refractivity contribution in [2.24, 2.45) is 0 Å². The van der Waals surface area contributed by atoms with Crippen LogP contribution < -0.4 is 15.2 Å². The molecule has 2 aromatic heterocycles. The molecule has 37 heavy (non-hydrogen) atoms. The van der Waals surface area contributed by atoms with Crippen molar-refractivity contribution in [3.63, 3.8) is 0 Å². The topological polar surface area (TPSA) is 144 Å². The molecule has 3 N–H and O–H groups in total. The van der Waals surface area contributed by atoms with E-state index in [-0.39, 0.29) is 28.6 Å². The SMILES string of the molecule is Cc1c(F)c(NS(=O)(=O)Cc2ccc(C#N)cc2)c(F)c(F)c1Oc1ncccc1-c1ccnc(N)n1. The molecule has 9 nitrogen and oxygen atoms in total. The highest BCUT2D eigenvalue weighted by atomic mass is 32.2. The van der Waals surface area contributed by atoms with Gasteiger partial charge in [-0.1, -0.05) is 12.1 Å². The number of benzene rings is 2. The van der Waals surface area contributed by atoms with Crippen molar-refractivity contribution in [3.05, 3.63) is 89.0 Å². The van der Waals surface area contributed by atoms with E-state index in [1.54, 1.807) is 4.72 Å². The molecular formula is C24H17F3N6O3S. The fourth-order valence-electron chi connectivity index (χ4n) is 3.34. The second-order valence-corrected chi connectivity index (χ2v) is 9.42. The van der Waals surface area contributed by atoms with Crippen molar-refractivity contribution in [2.75, 3.05) is 10.5 Å². The number of hydrogen-bond acceptors (Lipinski definition) is 8. The van der Waals surface area contributed by atoms with Crippen LogP contribution in [-0.2, 0) is 15.8 Å². The van der Waals surface area contributed by atoms with Crippen molar-refractivity contribution in [2.45, 2.75) is 12.7 Å². The molecule has 0 aliphatic heterocycles. The first-order valence-electron chi connectivity index (χ1n) is 10.5. The molecule has 4 aromatic rings. The van der Waals surface area contributed by atoms with Gasteiger partial charge in [-0.3, -0.25) is 4.72 Å². The molecule has 0 saturated carbocycles. The Morgan fingerprint density at radius 3 is 2.43 bits per heavy atom. The minimum absolute atomic E-state index is 0.0515. The number of halogens is 3. The average molecular weight is 527 g/mol. The molecule has 0 aliphatic carbocycles. The summed E-state index contributed by atoms with van der Waals surface area (Å²) in [5.74, 6) is -6.58. The molecule has 13 heteroatoms. The van der Waals surface area contributed by atoms with Gasteiger partial charge in [0.25, 0.3) is 0 Å². The Hall–Kier alpha value is -4.70. The zero-order valence-corrected chi connectivity index (χ0v) is 19.9. The van der Waals surface area contributed by atoms with Crippen LogP contribution in [0.4, 0.5) is 24.8 Å². The van der Waals surface area contributed by atoms with Gasteiger partial charge in [0.1, 0.15) is 5.69 Å². The largest absolute Gasteiger partial charge is 0.435 e. The maximum absolute atomic E-state index is 15.1. The van der Waals surface area contributed by atoms with Crippen LogP contribution >= 0.6 is 0 Å². The third-order valence-corrected chi connectivity index (χ3v) is 6.35. The normalized spacial score (nSPS) is 11.1. The first kappa shape index (κ1) is 25.4. The summed E-state index contributed by atoms with van der Waals surface area (Å²) in [6.07, 6.45) is 2.69. The van der Waals surface area contributed by atoms with Crippen LogP contribution in [0, 0.1) is 35.7 Å². The molecule has 0 bridgehead atoms. The van der Waals surface area contributed by atoms with Gasteiger partial charge in [0.2, 0.25) is 27.7 Å². The summed E-state index contributed by atoms with van der Waals surface area (Å²) >= 11 is 0. The summed E-state index contributed by atoms with van der Waals surface area (Å²) < 4.78 is 77.5. The first-order valence-corrected chi connectivity index (χ1v) is 12.1. The minimum atomic E-state index is -4.36. The van der Waals surface area contributed by atoms with Crippen molar-refractivity contribution >= 4 is 21.7 Å². The van der Waals surface area contributed by atoms with Gasteiger partial charge in [-0.15, -0.1) is 0 Å². The summed E-state index contributed by atoms with van der Waals surface area (Å²) in [6.45, 7) is 1.09. The maximum atomic E-state index is 15.1. The Labute approximate surface area is 209 Å². The van der Waals surface area contributed by atoms with E-state index < -0.39 is 50.2 Å². The number of nitrogens with zero attached hydrogens (tertiary/aromatic N) is 4. The average Bonchev–Trinajstić information content (AvgIpc) is 2.88. The maximum Gasteiger partial charge on any atom is 0.237 e. The van der Waals surface area contributed by atoms with Crippen molar-refractivity contribution in [1.82, 2.24) is 15.0 Å². The number of nitrogens with one attached hydrogen (secondary N) is 1. The molecule has 188 valence electrons. The molecule has 0 amide bonds. The third-order valence-electron chi connectivity index (χ3n) is 5.12. The van der Waals surface area contributed by atoms with Gasteiger partial charge in [-0.2, -0.15) is 9.65 Å². The van der Waals surface area contributed by atoms with E-state index in [9.17, 15) is 12.8 Å². The van der Waals surface area contributed by atoms with E-state index in [2.05, 4.69) is 15.0 Å². The molecule has 2 heterocycles. The summed E-state index contributed by atoms with van der Waals surface area (Å²) in [6, 6.07) is 12.0. The fourth-order valence-corrected chi connectivity index (χ4v) is 4.54. The van der Waals surface area contributed by atoms with E-state index in [4.69, 9.17) is 15.7 Å². The summed E-state index contributed by atoms with van der Waals surface area (Å²) in [4.78, 5) is 11.8. The highest BCUT2D eigenvalue weighted by Crippen LogP contribution is 2.38. The van der Waals surface area contributed by atoms with Crippen LogP contribution in [0.15, 0.2) is 54.9 Å². The lowest BCUT2D eigenvalue weighted by atomic mass is 10.1. The molecule has 0 radical (unpaired) electrons. The Bertz CT molecular complexity index is 1610. The van der Waals surface area contributed by atoms with E-state index in [1.807, 2.05) is 6.07 Å². The Morgan fingerprint density at radius 2 is 1.76 bits per heavy atom. The quantitative estimate of drug-likeness (QED) is 0.336. The number of rotatable bonds is 7. The number of nitrogens with two attached hydrogens (primary N) is 1. The monoisotopic (exact) mass is 526 g/mol. The van der Waals surface area contributed by atoms with Crippen molar-refractivity contribution in [1.29, 1.82) is 5.26 Å². The van der Waals surface area contributed by atoms with Crippen LogP contribution in [-0.4, -0.2) is 23.4 Å². The summed E-state index contributed by atoms with van der Waals surface area (Å²) in [5.41, 5.74) is 4.96. The zero-order chi connectivity index (χ0) is 26.7. The van der Waals surface area contributed by atoms with Crippen molar-refractivity contribution < 1.29 is 26.3 Å². The molecule has 0 aliphatic rings. The number of hydrogen-bond donors (Lipinski definition) is 2. The molecule has 2 aromatic carbocycles. The predicted octanol–water partition coefficient (Wildman–Crippen LogP) is 4.45. The lowest BCUT2D eigenvalue weighted by Gasteiger charge is -2.17. The molecule has 0 saturated heterocycles. The molecule has 0 atom stereocenters. The van der Waals surface area contributed by atoms with Gasteiger partial charge in [-0.05, 0) is 42.8 Å². The smallest absolute Gasteiger partial charge is 0.237 e. The Morgan fingerprint density at radius 1 is 1.03 bits per heavy atom. The molecule has 0 spiro atoms. The number of nitriles is 1. The van der Waals surface area contributed by atoms with Gasteiger partial charge >= 0.3 is 0 Å². The number of aromatic nitrogens is 3. The molecule has 4 rings (SSSR count). The number of nitrogen functional groups attached to an aromatic ring is 1.